The average Bonchev–Trinajstić information content (AvgIpc) is 2.27. The first kappa shape index (κ1) is 14.2. The van der Waals surface area contributed by atoms with Gasteiger partial charge in [0, 0.05) is 11.7 Å². The number of rotatable bonds is 2. The van der Waals surface area contributed by atoms with E-state index in [4.69, 9.17) is 17.3 Å². The third-order valence-electron chi connectivity index (χ3n) is 3.81. The van der Waals surface area contributed by atoms with Crippen LogP contribution in [0.25, 0.3) is 0 Å². The Balaban J connectivity index is 2.09. The van der Waals surface area contributed by atoms with Gasteiger partial charge in [-0.3, -0.25) is 4.79 Å². The van der Waals surface area contributed by atoms with Crippen molar-refractivity contribution in [1.29, 1.82) is 0 Å². The summed E-state index contributed by atoms with van der Waals surface area (Å²) >= 11 is 6.06. The molecule has 0 radical (unpaired) electrons. The van der Waals surface area contributed by atoms with E-state index < -0.39 is 0 Å². The van der Waals surface area contributed by atoms with E-state index in [1.807, 2.05) is 0 Å². The highest BCUT2D eigenvalue weighted by Gasteiger charge is 2.29. The van der Waals surface area contributed by atoms with Gasteiger partial charge in [-0.25, -0.2) is 0 Å². The van der Waals surface area contributed by atoms with Gasteiger partial charge in [0.25, 0.3) is 5.91 Å². The van der Waals surface area contributed by atoms with Crippen molar-refractivity contribution in [2.24, 2.45) is 5.41 Å². The lowest BCUT2D eigenvalue weighted by Crippen LogP contribution is -2.41. The van der Waals surface area contributed by atoms with Crippen LogP contribution in [0.4, 0.5) is 5.69 Å². The van der Waals surface area contributed by atoms with E-state index in [-0.39, 0.29) is 11.9 Å². The summed E-state index contributed by atoms with van der Waals surface area (Å²) in [6.45, 7) is 4.49. The van der Waals surface area contributed by atoms with E-state index in [0.29, 0.717) is 21.7 Å². The number of hydrogen-bond donors (Lipinski definition) is 2. The summed E-state index contributed by atoms with van der Waals surface area (Å²) in [5, 5.41) is 3.48. The van der Waals surface area contributed by atoms with Crippen LogP contribution in [-0.4, -0.2) is 11.9 Å². The summed E-state index contributed by atoms with van der Waals surface area (Å²) in [5.74, 6) is -0.161. The molecule has 1 amide bonds. The molecular weight excluding hydrogens is 260 g/mol. The van der Waals surface area contributed by atoms with E-state index in [2.05, 4.69) is 19.2 Å². The van der Waals surface area contributed by atoms with E-state index in [1.165, 1.54) is 6.42 Å². The molecule has 0 bridgehead atoms. The van der Waals surface area contributed by atoms with Crippen LogP contribution in [0, 0.1) is 5.41 Å². The predicted octanol–water partition coefficient (Wildman–Crippen LogP) is 3.62. The summed E-state index contributed by atoms with van der Waals surface area (Å²) in [6.07, 6.45) is 4.40. The molecule has 1 atom stereocenters. The van der Waals surface area contributed by atoms with Gasteiger partial charge in [-0.2, -0.15) is 0 Å². The number of nitrogens with one attached hydrogen (secondary N) is 1. The molecule has 1 saturated carbocycles. The zero-order valence-electron chi connectivity index (χ0n) is 11.5. The SMILES string of the molecule is CC1(C)CCCC(NC(=O)c2c(N)cccc2Cl)C1. The molecule has 0 aliphatic heterocycles. The van der Waals surface area contributed by atoms with Crippen molar-refractivity contribution in [3.05, 3.63) is 28.8 Å². The number of hydrogen-bond acceptors (Lipinski definition) is 2. The summed E-state index contributed by atoms with van der Waals surface area (Å²) in [7, 11) is 0. The van der Waals surface area contributed by atoms with Crippen molar-refractivity contribution >= 4 is 23.2 Å². The fourth-order valence-electron chi connectivity index (χ4n) is 2.86. The third kappa shape index (κ3) is 3.41. The molecule has 1 aliphatic rings. The third-order valence-corrected chi connectivity index (χ3v) is 4.13. The maximum absolute atomic E-state index is 12.3. The number of halogens is 1. The molecule has 0 saturated heterocycles. The zero-order chi connectivity index (χ0) is 14.0. The first-order valence-electron chi connectivity index (χ1n) is 6.74. The standard InChI is InChI=1S/C15H21ClN2O/c1-15(2)8-4-5-10(9-15)18-14(19)13-11(16)6-3-7-12(13)17/h3,6-7,10H,4-5,8-9,17H2,1-2H3,(H,18,19). The highest BCUT2D eigenvalue weighted by atomic mass is 35.5. The number of nitrogen functional groups attached to an aromatic ring is 1. The number of carbonyl (C=O) groups excluding carboxylic acids is 1. The van der Waals surface area contributed by atoms with Crippen LogP contribution < -0.4 is 11.1 Å². The van der Waals surface area contributed by atoms with Crippen molar-refractivity contribution in [1.82, 2.24) is 5.32 Å². The Morgan fingerprint density at radius 3 is 2.84 bits per heavy atom. The largest absolute Gasteiger partial charge is 0.398 e. The molecule has 1 fully saturated rings. The Bertz CT molecular complexity index is 465. The Morgan fingerprint density at radius 2 is 2.21 bits per heavy atom. The molecule has 3 N–H and O–H groups in total. The molecular formula is C15H21ClN2O. The molecule has 0 aromatic heterocycles. The second-order valence-corrected chi connectivity index (χ2v) is 6.54. The van der Waals surface area contributed by atoms with E-state index in [1.54, 1.807) is 18.2 Å². The van der Waals surface area contributed by atoms with Gasteiger partial charge >= 0.3 is 0 Å². The summed E-state index contributed by atoms with van der Waals surface area (Å²) < 4.78 is 0. The minimum absolute atomic E-state index is 0.161. The van der Waals surface area contributed by atoms with Gasteiger partial charge in [-0.15, -0.1) is 0 Å². The maximum atomic E-state index is 12.3. The number of anilines is 1. The van der Waals surface area contributed by atoms with Gasteiger partial charge in [-0.05, 0) is 36.8 Å². The van der Waals surface area contributed by atoms with Crippen molar-refractivity contribution in [3.8, 4) is 0 Å². The molecule has 1 aromatic rings. The monoisotopic (exact) mass is 280 g/mol. The molecule has 19 heavy (non-hydrogen) atoms. The average molecular weight is 281 g/mol. The van der Waals surface area contributed by atoms with Crippen molar-refractivity contribution < 1.29 is 4.79 Å². The molecule has 1 aliphatic carbocycles. The molecule has 0 heterocycles. The van der Waals surface area contributed by atoms with Crippen LogP contribution >= 0.6 is 11.6 Å². The molecule has 2 rings (SSSR count). The Labute approximate surface area is 119 Å². The van der Waals surface area contributed by atoms with Crippen LogP contribution in [0.5, 0.6) is 0 Å². The first-order chi connectivity index (χ1) is 8.89. The van der Waals surface area contributed by atoms with Gasteiger partial charge in [0.05, 0.1) is 10.6 Å². The van der Waals surface area contributed by atoms with Gasteiger partial charge in [0.15, 0.2) is 0 Å². The van der Waals surface area contributed by atoms with Gasteiger partial charge in [-0.1, -0.05) is 37.9 Å². The van der Waals surface area contributed by atoms with E-state index >= 15 is 0 Å². The lowest BCUT2D eigenvalue weighted by Gasteiger charge is -2.35. The fraction of sp³-hybridized carbons (Fsp3) is 0.533. The van der Waals surface area contributed by atoms with E-state index in [0.717, 1.165) is 19.3 Å². The molecule has 1 unspecified atom stereocenters. The molecule has 1 aromatic carbocycles. The van der Waals surface area contributed by atoms with Gasteiger partial charge in [0.2, 0.25) is 0 Å². The quantitative estimate of drug-likeness (QED) is 0.813. The summed E-state index contributed by atoms with van der Waals surface area (Å²) in [4.78, 5) is 12.3. The molecule has 104 valence electrons. The Morgan fingerprint density at radius 1 is 1.47 bits per heavy atom. The van der Waals surface area contributed by atoms with Crippen molar-refractivity contribution in [2.75, 3.05) is 5.73 Å². The minimum Gasteiger partial charge on any atom is -0.398 e. The lowest BCUT2D eigenvalue weighted by molar-refractivity contribution is 0.0903. The van der Waals surface area contributed by atoms with Crippen molar-refractivity contribution in [3.63, 3.8) is 0 Å². The highest BCUT2D eigenvalue weighted by molar-refractivity contribution is 6.34. The normalized spacial score (nSPS) is 21.9. The second kappa shape index (κ2) is 5.41. The van der Waals surface area contributed by atoms with Crippen LogP contribution in [-0.2, 0) is 0 Å². The Hall–Kier alpha value is -1.22. The van der Waals surface area contributed by atoms with Crippen LogP contribution in [0.1, 0.15) is 49.9 Å². The lowest BCUT2D eigenvalue weighted by atomic mass is 9.75. The van der Waals surface area contributed by atoms with Gasteiger partial charge < -0.3 is 11.1 Å². The fourth-order valence-corrected chi connectivity index (χ4v) is 3.13. The molecule has 3 nitrogen and oxygen atoms in total. The van der Waals surface area contributed by atoms with Crippen LogP contribution in [0.2, 0.25) is 5.02 Å². The number of nitrogens with two attached hydrogens (primary N) is 1. The van der Waals surface area contributed by atoms with Crippen LogP contribution in [0.15, 0.2) is 18.2 Å². The maximum Gasteiger partial charge on any atom is 0.255 e. The minimum atomic E-state index is -0.161. The summed E-state index contributed by atoms with van der Waals surface area (Å²) in [5.41, 5.74) is 6.96. The molecule has 0 spiro atoms. The zero-order valence-corrected chi connectivity index (χ0v) is 12.3. The number of benzene rings is 1. The topological polar surface area (TPSA) is 55.1 Å². The number of carbonyl (C=O) groups is 1. The predicted molar refractivity (Wildman–Crippen MR) is 79.4 cm³/mol. The molecule has 4 heteroatoms. The van der Waals surface area contributed by atoms with Crippen LogP contribution in [0.3, 0.4) is 0 Å². The summed E-state index contributed by atoms with van der Waals surface area (Å²) in [6, 6.07) is 5.36. The van der Waals surface area contributed by atoms with Gasteiger partial charge in [0.1, 0.15) is 0 Å². The first-order valence-corrected chi connectivity index (χ1v) is 7.12. The second-order valence-electron chi connectivity index (χ2n) is 6.14. The number of amides is 1. The van der Waals surface area contributed by atoms with Crippen molar-refractivity contribution in [2.45, 2.75) is 45.6 Å². The Kier molecular flexibility index (Phi) is 4.04. The smallest absolute Gasteiger partial charge is 0.255 e. The van der Waals surface area contributed by atoms with E-state index in [9.17, 15) is 4.79 Å². The highest BCUT2D eigenvalue weighted by Crippen LogP contribution is 2.35.